The Morgan fingerprint density at radius 3 is 2.70 bits per heavy atom. The van der Waals surface area contributed by atoms with Crippen LogP contribution >= 0.6 is 0 Å². The number of aryl methyl sites for hydroxylation is 1. The maximum Gasteiger partial charge on any atom is 0.303 e. The predicted molar refractivity (Wildman–Crippen MR) is 72.6 cm³/mol. The lowest BCUT2D eigenvalue weighted by molar-refractivity contribution is -0.139. The van der Waals surface area contributed by atoms with E-state index in [1.54, 1.807) is 4.90 Å². The fourth-order valence-corrected chi connectivity index (χ4v) is 2.63. The van der Waals surface area contributed by atoms with Crippen LogP contribution in [0.2, 0.25) is 0 Å². The number of hydrogen-bond donors (Lipinski definition) is 1. The molecule has 0 aliphatic carbocycles. The van der Waals surface area contributed by atoms with Gasteiger partial charge in [-0.2, -0.15) is 0 Å². The van der Waals surface area contributed by atoms with Crippen LogP contribution < -0.4 is 0 Å². The molecule has 1 aliphatic heterocycles. The van der Waals surface area contributed by atoms with Crippen LogP contribution in [0.1, 0.15) is 22.5 Å². The lowest BCUT2D eigenvalue weighted by Gasteiger charge is -2.38. The van der Waals surface area contributed by atoms with Crippen molar-refractivity contribution in [3.8, 4) is 0 Å². The molecule has 1 aromatic carbocycles. The number of aliphatic carboxylic acids is 1. The Bertz CT molecular complexity index is 682. The number of furan rings is 1. The SMILES string of the molecule is Cc1c(C(=O)N2CC(CC(=O)O)C2)oc2ccccc12. The minimum atomic E-state index is -0.818. The van der Waals surface area contributed by atoms with Gasteiger partial charge in [-0.1, -0.05) is 18.2 Å². The molecule has 1 N–H and O–H groups in total. The van der Waals surface area contributed by atoms with E-state index in [1.165, 1.54) is 0 Å². The van der Waals surface area contributed by atoms with E-state index in [0.29, 0.717) is 24.4 Å². The summed E-state index contributed by atoms with van der Waals surface area (Å²) in [5.74, 6) is -0.552. The van der Waals surface area contributed by atoms with Gasteiger partial charge < -0.3 is 14.4 Å². The smallest absolute Gasteiger partial charge is 0.303 e. The number of likely N-dealkylation sites (tertiary alicyclic amines) is 1. The van der Waals surface area contributed by atoms with Gasteiger partial charge in [0.2, 0.25) is 0 Å². The summed E-state index contributed by atoms with van der Waals surface area (Å²) >= 11 is 0. The number of fused-ring (bicyclic) bond motifs is 1. The van der Waals surface area contributed by atoms with E-state index in [2.05, 4.69) is 0 Å². The molecule has 0 saturated carbocycles. The second kappa shape index (κ2) is 4.67. The normalized spacial score (nSPS) is 15.3. The first-order valence-electron chi connectivity index (χ1n) is 6.55. The first-order chi connectivity index (χ1) is 9.56. The van der Waals surface area contributed by atoms with E-state index in [1.807, 2.05) is 31.2 Å². The van der Waals surface area contributed by atoms with Crippen molar-refractivity contribution in [3.05, 3.63) is 35.6 Å². The van der Waals surface area contributed by atoms with Crippen molar-refractivity contribution >= 4 is 22.8 Å². The van der Waals surface area contributed by atoms with Crippen LogP contribution in [0.5, 0.6) is 0 Å². The van der Waals surface area contributed by atoms with Crippen LogP contribution in [-0.4, -0.2) is 35.0 Å². The number of hydrogen-bond acceptors (Lipinski definition) is 3. The van der Waals surface area contributed by atoms with Gasteiger partial charge in [-0.15, -0.1) is 0 Å². The molecule has 0 atom stereocenters. The van der Waals surface area contributed by atoms with Crippen LogP contribution in [-0.2, 0) is 4.79 Å². The molecule has 1 fully saturated rings. The maximum atomic E-state index is 12.3. The van der Waals surface area contributed by atoms with E-state index in [4.69, 9.17) is 9.52 Å². The van der Waals surface area contributed by atoms with Crippen molar-refractivity contribution in [2.75, 3.05) is 13.1 Å². The summed E-state index contributed by atoms with van der Waals surface area (Å²) in [6.45, 7) is 2.84. The van der Waals surface area contributed by atoms with E-state index in [0.717, 1.165) is 10.9 Å². The molecule has 5 heteroatoms. The summed E-state index contributed by atoms with van der Waals surface area (Å²) in [5, 5.41) is 9.65. The summed E-state index contributed by atoms with van der Waals surface area (Å²) in [6.07, 6.45) is 0.114. The zero-order valence-corrected chi connectivity index (χ0v) is 11.1. The monoisotopic (exact) mass is 273 g/mol. The van der Waals surface area contributed by atoms with Gasteiger partial charge >= 0.3 is 5.97 Å². The molecule has 1 aromatic heterocycles. The summed E-state index contributed by atoms with van der Waals surface area (Å²) in [5.41, 5.74) is 1.54. The summed E-state index contributed by atoms with van der Waals surface area (Å²) < 4.78 is 5.63. The van der Waals surface area contributed by atoms with Crippen molar-refractivity contribution in [1.29, 1.82) is 0 Å². The number of carboxylic acid groups (broad SMARTS) is 1. The van der Waals surface area contributed by atoms with E-state index in [9.17, 15) is 9.59 Å². The number of amides is 1. The third-order valence-electron chi connectivity index (χ3n) is 3.75. The van der Waals surface area contributed by atoms with Gasteiger partial charge in [-0.25, -0.2) is 0 Å². The number of carbonyl (C=O) groups is 2. The van der Waals surface area contributed by atoms with E-state index in [-0.39, 0.29) is 18.2 Å². The van der Waals surface area contributed by atoms with Gasteiger partial charge in [-0.05, 0) is 13.0 Å². The molecule has 2 aromatic rings. The Balaban J connectivity index is 1.77. The number of carbonyl (C=O) groups excluding carboxylic acids is 1. The molecule has 3 rings (SSSR count). The Morgan fingerprint density at radius 1 is 1.35 bits per heavy atom. The number of para-hydroxylation sites is 1. The standard InChI is InChI=1S/C15H15NO4/c1-9-11-4-2-3-5-12(11)20-14(9)15(19)16-7-10(8-16)6-13(17)18/h2-5,10H,6-8H2,1H3,(H,17,18). The van der Waals surface area contributed by atoms with Crippen molar-refractivity contribution in [1.82, 2.24) is 4.90 Å². The van der Waals surface area contributed by atoms with Crippen LogP contribution in [0.3, 0.4) is 0 Å². The molecule has 0 radical (unpaired) electrons. The molecule has 1 saturated heterocycles. The molecular weight excluding hydrogens is 258 g/mol. The highest BCUT2D eigenvalue weighted by Gasteiger charge is 2.34. The summed E-state index contributed by atoms with van der Waals surface area (Å²) in [6, 6.07) is 7.54. The predicted octanol–water partition coefficient (Wildman–Crippen LogP) is 2.29. The minimum Gasteiger partial charge on any atom is -0.481 e. The van der Waals surface area contributed by atoms with Gasteiger partial charge in [-0.3, -0.25) is 9.59 Å². The zero-order valence-electron chi connectivity index (χ0n) is 11.1. The second-order valence-electron chi connectivity index (χ2n) is 5.23. The average Bonchev–Trinajstić information content (AvgIpc) is 2.70. The molecule has 2 heterocycles. The van der Waals surface area contributed by atoms with Crippen LogP contribution in [0.4, 0.5) is 0 Å². The first-order valence-corrected chi connectivity index (χ1v) is 6.55. The molecule has 1 amide bonds. The molecule has 0 bridgehead atoms. The molecule has 0 spiro atoms. The molecular formula is C15H15NO4. The van der Waals surface area contributed by atoms with Crippen molar-refractivity contribution < 1.29 is 19.1 Å². The quantitative estimate of drug-likeness (QED) is 0.931. The Labute approximate surface area is 115 Å². The average molecular weight is 273 g/mol. The fraction of sp³-hybridized carbons (Fsp3) is 0.333. The Kier molecular flexibility index (Phi) is 2.97. The lowest BCUT2D eigenvalue weighted by atomic mass is 9.96. The number of benzene rings is 1. The van der Waals surface area contributed by atoms with Crippen LogP contribution in [0.25, 0.3) is 11.0 Å². The van der Waals surface area contributed by atoms with Gasteiger partial charge in [0.15, 0.2) is 5.76 Å². The van der Waals surface area contributed by atoms with Crippen LogP contribution in [0, 0.1) is 12.8 Å². The van der Waals surface area contributed by atoms with Gasteiger partial charge in [0.05, 0.1) is 6.42 Å². The van der Waals surface area contributed by atoms with Gasteiger partial charge in [0.25, 0.3) is 5.91 Å². The highest BCUT2D eigenvalue weighted by Crippen LogP contribution is 2.28. The number of rotatable bonds is 3. The highest BCUT2D eigenvalue weighted by molar-refractivity contribution is 5.99. The largest absolute Gasteiger partial charge is 0.481 e. The summed E-state index contributed by atoms with van der Waals surface area (Å²) in [4.78, 5) is 24.6. The molecule has 0 unspecified atom stereocenters. The Morgan fingerprint density at radius 2 is 2.05 bits per heavy atom. The molecule has 104 valence electrons. The molecule has 5 nitrogen and oxygen atoms in total. The van der Waals surface area contributed by atoms with Gasteiger partial charge in [0, 0.05) is 30.0 Å². The zero-order chi connectivity index (χ0) is 14.3. The summed E-state index contributed by atoms with van der Waals surface area (Å²) in [7, 11) is 0. The second-order valence-corrected chi connectivity index (χ2v) is 5.23. The van der Waals surface area contributed by atoms with Crippen LogP contribution in [0.15, 0.2) is 28.7 Å². The molecule has 20 heavy (non-hydrogen) atoms. The first kappa shape index (κ1) is 12.7. The van der Waals surface area contributed by atoms with Crippen molar-refractivity contribution in [3.63, 3.8) is 0 Å². The van der Waals surface area contributed by atoms with E-state index >= 15 is 0 Å². The molecule has 1 aliphatic rings. The van der Waals surface area contributed by atoms with Crippen molar-refractivity contribution in [2.24, 2.45) is 5.92 Å². The minimum absolute atomic E-state index is 0.0566. The lowest BCUT2D eigenvalue weighted by Crippen LogP contribution is -2.50. The fourth-order valence-electron chi connectivity index (χ4n) is 2.63. The van der Waals surface area contributed by atoms with E-state index < -0.39 is 5.97 Å². The number of nitrogens with zero attached hydrogens (tertiary/aromatic N) is 1. The van der Waals surface area contributed by atoms with Crippen molar-refractivity contribution in [2.45, 2.75) is 13.3 Å². The number of carboxylic acids is 1. The van der Waals surface area contributed by atoms with Gasteiger partial charge in [0.1, 0.15) is 5.58 Å². The highest BCUT2D eigenvalue weighted by atomic mass is 16.4. The Hall–Kier alpha value is -2.30. The third kappa shape index (κ3) is 2.05. The third-order valence-corrected chi connectivity index (χ3v) is 3.75. The topological polar surface area (TPSA) is 70.8 Å². The maximum absolute atomic E-state index is 12.3.